The Balaban J connectivity index is 1.32. The molecule has 2 aromatic carbocycles. The van der Waals surface area contributed by atoms with Crippen LogP contribution in [0.2, 0.25) is 0 Å². The van der Waals surface area contributed by atoms with Gasteiger partial charge in [0, 0.05) is 36.6 Å². The first-order valence-corrected chi connectivity index (χ1v) is 16.8. The summed E-state index contributed by atoms with van der Waals surface area (Å²) in [5.74, 6) is 0.731. The Morgan fingerprint density at radius 2 is 1.80 bits per heavy atom. The summed E-state index contributed by atoms with van der Waals surface area (Å²) in [5, 5.41) is 2.98. The topological polar surface area (TPSA) is 133 Å². The van der Waals surface area contributed by atoms with Crippen molar-refractivity contribution < 1.29 is 37.0 Å². The largest absolute Gasteiger partial charge is 0.488 e. The Morgan fingerprint density at radius 3 is 2.45 bits per heavy atom. The van der Waals surface area contributed by atoms with Crippen molar-refractivity contribution in [2.75, 3.05) is 25.6 Å². The second-order valence-corrected chi connectivity index (χ2v) is 15.2. The number of nitrogens with one attached hydrogen (secondary N) is 1. The van der Waals surface area contributed by atoms with Crippen molar-refractivity contribution in [3.8, 4) is 17.2 Å². The number of fused-ring (bicyclic) bond motifs is 1. The van der Waals surface area contributed by atoms with E-state index in [1.54, 1.807) is 42.3 Å². The van der Waals surface area contributed by atoms with Gasteiger partial charge in [0.2, 0.25) is 0 Å². The number of rotatable bonds is 10. The normalized spacial score (nSPS) is 15.7. The third-order valence-corrected chi connectivity index (χ3v) is 10.1. The summed E-state index contributed by atoms with van der Waals surface area (Å²) in [5.41, 5.74) is 0.525. The van der Waals surface area contributed by atoms with Crippen molar-refractivity contribution >= 4 is 38.3 Å². The van der Waals surface area contributed by atoms with Crippen LogP contribution in [0.3, 0.4) is 0 Å². The summed E-state index contributed by atoms with van der Waals surface area (Å²) in [6.45, 7) is 8.50. The highest BCUT2D eigenvalue weighted by atomic mass is 32.2. The maximum atomic E-state index is 13.4. The molecule has 13 heteroatoms. The van der Waals surface area contributed by atoms with Gasteiger partial charge >= 0.3 is 6.09 Å². The van der Waals surface area contributed by atoms with E-state index in [2.05, 4.69) is 10.3 Å². The molecule has 1 saturated carbocycles. The van der Waals surface area contributed by atoms with Crippen molar-refractivity contribution in [3.63, 3.8) is 0 Å². The van der Waals surface area contributed by atoms with E-state index in [0.717, 1.165) is 10.6 Å². The number of aromatic nitrogens is 1. The van der Waals surface area contributed by atoms with Gasteiger partial charge in [-0.3, -0.25) is 10.1 Å². The van der Waals surface area contributed by atoms with Gasteiger partial charge in [0.05, 0.1) is 29.0 Å². The maximum absolute atomic E-state index is 13.4. The molecule has 1 atom stereocenters. The summed E-state index contributed by atoms with van der Waals surface area (Å²) in [6.07, 6.45) is 1.26. The minimum absolute atomic E-state index is 0.262. The average Bonchev–Trinajstić information content (AvgIpc) is 3.73. The van der Waals surface area contributed by atoms with Gasteiger partial charge < -0.3 is 23.8 Å². The number of methoxy groups -OCH3 is 1. The van der Waals surface area contributed by atoms with Crippen LogP contribution in [0.25, 0.3) is 0 Å². The second-order valence-electron chi connectivity index (χ2n) is 11.9. The molecule has 0 radical (unpaired) electrons. The van der Waals surface area contributed by atoms with E-state index in [1.165, 1.54) is 23.5 Å². The first-order chi connectivity index (χ1) is 20.8. The highest BCUT2D eigenvalue weighted by Gasteiger charge is 2.36. The van der Waals surface area contributed by atoms with Crippen LogP contribution in [0, 0.1) is 0 Å². The highest BCUT2D eigenvalue weighted by molar-refractivity contribution is 7.92. The molecule has 236 valence electrons. The number of sulfone groups is 1. The lowest BCUT2D eigenvalue weighted by atomic mass is 10.2. The fourth-order valence-electron chi connectivity index (χ4n) is 4.64. The molecule has 3 aromatic rings. The van der Waals surface area contributed by atoms with E-state index in [9.17, 15) is 18.0 Å². The molecule has 0 spiro atoms. The number of hydrogen-bond donors (Lipinski definition) is 1. The molecule has 11 nitrogen and oxygen atoms in total. The molecule has 1 N–H and O–H groups in total. The van der Waals surface area contributed by atoms with Gasteiger partial charge in [-0.25, -0.2) is 18.2 Å². The first kappa shape index (κ1) is 31.7. The molecule has 1 aliphatic heterocycles. The lowest BCUT2D eigenvalue weighted by Crippen LogP contribution is -2.39. The summed E-state index contributed by atoms with van der Waals surface area (Å²) < 4.78 is 47.8. The third-order valence-electron chi connectivity index (χ3n) is 6.84. The molecular weight excluding hydrogens is 606 g/mol. The predicted molar refractivity (Wildman–Crippen MR) is 166 cm³/mol. The summed E-state index contributed by atoms with van der Waals surface area (Å²) in [6, 6.07) is 11.1. The van der Waals surface area contributed by atoms with Crippen molar-refractivity contribution in [2.24, 2.45) is 0 Å². The molecule has 0 saturated heterocycles. The van der Waals surface area contributed by atoms with E-state index in [-0.39, 0.29) is 27.9 Å². The lowest BCUT2D eigenvalue weighted by molar-refractivity contribution is 0.0225. The number of amides is 2. The molecule has 1 aliphatic carbocycles. The monoisotopic (exact) mass is 643 g/mol. The number of ether oxygens (including phenoxy) is 4. The van der Waals surface area contributed by atoms with Gasteiger partial charge in [-0.05, 0) is 76.9 Å². The molecule has 0 bridgehead atoms. The minimum Gasteiger partial charge on any atom is -0.488 e. The Hall–Kier alpha value is -3.68. The van der Waals surface area contributed by atoms with Gasteiger partial charge in [0.1, 0.15) is 29.0 Å². The van der Waals surface area contributed by atoms with Gasteiger partial charge in [-0.1, -0.05) is 11.3 Å². The predicted octanol–water partition coefficient (Wildman–Crippen LogP) is 5.83. The van der Waals surface area contributed by atoms with Crippen molar-refractivity contribution in [2.45, 2.75) is 75.4 Å². The molecule has 1 aromatic heterocycles. The van der Waals surface area contributed by atoms with Crippen LogP contribution in [0.15, 0.2) is 47.4 Å². The number of hydrogen-bond acceptors (Lipinski definition) is 10. The Morgan fingerprint density at radius 1 is 1.09 bits per heavy atom. The number of nitrogens with zero attached hydrogens (tertiary/aromatic N) is 2. The van der Waals surface area contributed by atoms with E-state index >= 15 is 0 Å². The van der Waals surface area contributed by atoms with Crippen LogP contribution in [0.1, 0.15) is 61.5 Å². The zero-order valence-electron chi connectivity index (χ0n) is 25.4. The molecular formula is C31H37N3O8S2. The van der Waals surface area contributed by atoms with Crippen molar-refractivity contribution in [3.05, 3.63) is 58.6 Å². The van der Waals surface area contributed by atoms with Crippen molar-refractivity contribution in [1.82, 2.24) is 9.88 Å². The van der Waals surface area contributed by atoms with Crippen LogP contribution >= 0.6 is 11.3 Å². The van der Waals surface area contributed by atoms with Gasteiger partial charge in [0.15, 0.2) is 15.0 Å². The standard InChI is InChI=1S/C31H37N3O8S2/c1-19(18-39-5)40-22-14-20(15-23(16-22)41-21-6-8-24(9-7-21)44(37,38)25-10-11-25)28(35)33-29-32-26-12-13-34(17-27(26)43-29)30(36)42-31(2,3)4/h6-9,14-16,19,25H,10-13,17-18H2,1-5H3,(H,32,33,35). The van der Waals surface area contributed by atoms with Crippen LogP contribution in [0.4, 0.5) is 9.93 Å². The van der Waals surface area contributed by atoms with E-state index < -0.39 is 21.3 Å². The molecule has 44 heavy (non-hydrogen) atoms. The molecule has 2 aliphatic rings. The fourth-order valence-corrected chi connectivity index (χ4v) is 7.31. The molecule has 1 fully saturated rings. The number of thiazole rings is 1. The molecule has 1 unspecified atom stereocenters. The first-order valence-electron chi connectivity index (χ1n) is 14.4. The lowest BCUT2D eigenvalue weighted by Gasteiger charge is -2.29. The summed E-state index contributed by atoms with van der Waals surface area (Å²) >= 11 is 1.31. The van der Waals surface area contributed by atoms with Crippen LogP contribution in [-0.2, 0) is 32.3 Å². The third kappa shape index (κ3) is 7.88. The average molecular weight is 644 g/mol. The SMILES string of the molecule is COCC(C)Oc1cc(Oc2ccc(S(=O)(=O)C3CC3)cc2)cc(C(=O)Nc2nc3c(s2)CN(C(=O)OC(C)(C)C)CC3)c1. The quantitative estimate of drug-likeness (QED) is 0.290. The van der Waals surface area contributed by atoms with Crippen molar-refractivity contribution in [1.29, 1.82) is 0 Å². The molecule has 2 heterocycles. The summed E-state index contributed by atoms with van der Waals surface area (Å²) in [7, 11) is -1.74. The van der Waals surface area contributed by atoms with Crippen LogP contribution < -0.4 is 14.8 Å². The number of carbonyl (C=O) groups is 2. The molecule has 2 amide bonds. The van der Waals surface area contributed by atoms with Gasteiger partial charge in [0.25, 0.3) is 5.91 Å². The van der Waals surface area contributed by atoms with E-state index in [4.69, 9.17) is 18.9 Å². The van der Waals surface area contributed by atoms with Crippen LogP contribution in [0.5, 0.6) is 17.2 Å². The number of benzene rings is 2. The highest BCUT2D eigenvalue weighted by Crippen LogP contribution is 2.35. The second kappa shape index (κ2) is 12.7. The summed E-state index contributed by atoms with van der Waals surface area (Å²) in [4.78, 5) is 33.4. The van der Waals surface area contributed by atoms with E-state index in [1.807, 2.05) is 27.7 Å². The maximum Gasteiger partial charge on any atom is 0.410 e. The Kier molecular flexibility index (Phi) is 9.19. The minimum atomic E-state index is -3.32. The zero-order valence-corrected chi connectivity index (χ0v) is 27.0. The van der Waals surface area contributed by atoms with E-state index in [0.29, 0.717) is 61.3 Å². The van der Waals surface area contributed by atoms with Gasteiger partial charge in [-0.15, -0.1) is 0 Å². The van der Waals surface area contributed by atoms with Gasteiger partial charge in [-0.2, -0.15) is 0 Å². The fraction of sp³-hybridized carbons (Fsp3) is 0.452. The number of anilines is 1. The van der Waals surface area contributed by atoms with Crippen LogP contribution in [-0.4, -0.2) is 67.5 Å². The zero-order chi connectivity index (χ0) is 31.6. The molecule has 5 rings (SSSR count). The number of carbonyl (C=O) groups excluding carboxylic acids is 2. The Labute approximate surface area is 261 Å². The smallest absolute Gasteiger partial charge is 0.410 e. The Bertz CT molecular complexity index is 1630.